The third-order valence-corrected chi connectivity index (χ3v) is 3.28. The molecule has 3 rings (SSSR count). The molecule has 0 bridgehead atoms. The Balaban J connectivity index is 1.95. The summed E-state index contributed by atoms with van der Waals surface area (Å²) < 4.78 is 1.66. The van der Waals surface area contributed by atoms with Crippen LogP contribution < -0.4 is 0 Å². The Morgan fingerprint density at radius 3 is 2.52 bits per heavy atom. The van der Waals surface area contributed by atoms with Gasteiger partial charge in [-0.2, -0.15) is 0 Å². The van der Waals surface area contributed by atoms with E-state index in [4.69, 9.17) is 5.11 Å². The first-order valence-electron chi connectivity index (χ1n) is 6.41. The standard InChI is InChI=1S/C16H12N2O3/c19-15(11-4-2-1-3-5-11)9-18-10-17-13-7-6-12(16(20)21)8-14(13)18/h1-8,10H,9H2,(H,20,21). The van der Waals surface area contributed by atoms with Crippen LogP contribution in [0.2, 0.25) is 0 Å². The molecule has 0 saturated carbocycles. The third-order valence-electron chi connectivity index (χ3n) is 3.28. The molecule has 0 aliphatic heterocycles. The first kappa shape index (κ1) is 13.1. The molecule has 0 spiro atoms. The molecule has 3 aromatic rings. The van der Waals surface area contributed by atoms with Gasteiger partial charge in [-0.25, -0.2) is 9.78 Å². The van der Waals surface area contributed by atoms with Gasteiger partial charge < -0.3 is 9.67 Å². The number of carboxylic acid groups (broad SMARTS) is 1. The number of nitrogens with zero attached hydrogens (tertiary/aromatic N) is 2. The molecule has 104 valence electrons. The molecule has 1 N–H and O–H groups in total. The maximum absolute atomic E-state index is 12.2. The average Bonchev–Trinajstić information content (AvgIpc) is 2.90. The Labute approximate surface area is 120 Å². The number of ketones is 1. The first-order valence-corrected chi connectivity index (χ1v) is 6.41. The number of hydrogen-bond acceptors (Lipinski definition) is 3. The van der Waals surface area contributed by atoms with Gasteiger partial charge in [0.25, 0.3) is 0 Å². The number of fused-ring (bicyclic) bond motifs is 1. The monoisotopic (exact) mass is 280 g/mol. The van der Waals surface area contributed by atoms with Crippen molar-refractivity contribution in [2.45, 2.75) is 6.54 Å². The fourth-order valence-electron chi connectivity index (χ4n) is 2.19. The van der Waals surface area contributed by atoms with E-state index in [1.54, 1.807) is 29.1 Å². The summed E-state index contributed by atoms with van der Waals surface area (Å²) in [6, 6.07) is 13.6. The molecule has 0 fully saturated rings. The van der Waals surface area contributed by atoms with Crippen LogP contribution in [0, 0.1) is 0 Å². The number of aromatic carboxylic acids is 1. The quantitative estimate of drug-likeness (QED) is 0.746. The summed E-state index contributed by atoms with van der Waals surface area (Å²) in [5.41, 5.74) is 2.10. The molecular formula is C16H12N2O3. The number of rotatable bonds is 4. The predicted octanol–water partition coefficient (Wildman–Crippen LogP) is 2.62. The highest BCUT2D eigenvalue weighted by molar-refractivity contribution is 5.97. The van der Waals surface area contributed by atoms with Crippen LogP contribution in [-0.2, 0) is 6.54 Å². The molecule has 0 unspecified atom stereocenters. The van der Waals surface area contributed by atoms with E-state index in [9.17, 15) is 9.59 Å². The van der Waals surface area contributed by atoms with Gasteiger partial charge in [-0.3, -0.25) is 4.79 Å². The lowest BCUT2D eigenvalue weighted by atomic mass is 10.1. The average molecular weight is 280 g/mol. The molecule has 0 aliphatic carbocycles. The van der Waals surface area contributed by atoms with Crippen molar-refractivity contribution in [1.82, 2.24) is 9.55 Å². The van der Waals surface area contributed by atoms with Crippen molar-refractivity contribution < 1.29 is 14.7 Å². The molecule has 2 aromatic carbocycles. The zero-order chi connectivity index (χ0) is 14.8. The minimum Gasteiger partial charge on any atom is -0.478 e. The number of carbonyl (C=O) groups excluding carboxylic acids is 1. The van der Waals surface area contributed by atoms with Gasteiger partial charge in [0.2, 0.25) is 0 Å². The van der Waals surface area contributed by atoms with Crippen LogP contribution in [0.4, 0.5) is 0 Å². The van der Waals surface area contributed by atoms with Crippen molar-refractivity contribution in [2.75, 3.05) is 0 Å². The van der Waals surface area contributed by atoms with E-state index in [1.807, 2.05) is 18.2 Å². The van der Waals surface area contributed by atoms with Crippen molar-refractivity contribution in [1.29, 1.82) is 0 Å². The Morgan fingerprint density at radius 2 is 1.81 bits per heavy atom. The number of carboxylic acids is 1. The Kier molecular flexibility index (Phi) is 3.23. The highest BCUT2D eigenvalue weighted by Gasteiger charge is 2.11. The Hall–Kier alpha value is -2.95. The van der Waals surface area contributed by atoms with Crippen LogP contribution in [0.25, 0.3) is 11.0 Å². The maximum Gasteiger partial charge on any atom is 0.335 e. The minimum absolute atomic E-state index is 0.0457. The highest BCUT2D eigenvalue weighted by Crippen LogP contribution is 2.16. The van der Waals surface area contributed by atoms with E-state index < -0.39 is 5.97 Å². The number of benzene rings is 2. The molecule has 21 heavy (non-hydrogen) atoms. The first-order chi connectivity index (χ1) is 10.1. The largest absolute Gasteiger partial charge is 0.478 e. The summed E-state index contributed by atoms with van der Waals surface area (Å²) in [7, 11) is 0. The molecule has 0 radical (unpaired) electrons. The summed E-state index contributed by atoms with van der Waals surface area (Å²) >= 11 is 0. The van der Waals surface area contributed by atoms with Gasteiger partial charge in [-0.15, -0.1) is 0 Å². The smallest absolute Gasteiger partial charge is 0.335 e. The SMILES string of the molecule is O=C(O)c1ccc2ncn(CC(=O)c3ccccc3)c2c1. The number of aromatic nitrogens is 2. The van der Waals surface area contributed by atoms with Crippen molar-refractivity contribution in [3.05, 3.63) is 66.0 Å². The van der Waals surface area contributed by atoms with E-state index in [0.717, 1.165) is 0 Å². The van der Waals surface area contributed by atoms with Crippen molar-refractivity contribution >= 4 is 22.8 Å². The molecule has 1 heterocycles. The number of imidazole rings is 1. The Bertz CT molecular complexity index is 822. The number of Topliss-reactive ketones (excluding diaryl/α,β-unsaturated/α-hetero) is 1. The number of carbonyl (C=O) groups is 2. The minimum atomic E-state index is -1.00. The van der Waals surface area contributed by atoms with Crippen molar-refractivity contribution in [3.8, 4) is 0 Å². The molecule has 1 aromatic heterocycles. The summed E-state index contributed by atoms with van der Waals surface area (Å²) in [6.45, 7) is 0.129. The fourth-order valence-corrected chi connectivity index (χ4v) is 2.19. The normalized spacial score (nSPS) is 10.7. The molecule has 0 atom stereocenters. The third kappa shape index (κ3) is 2.53. The van der Waals surface area contributed by atoms with Crippen LogP contribution >= 0.6 is 0 Å². The van der Waals surface area contributed by atoms with Gasteiger partial charge in [0.1, 0.15) is 0 Å². The van der Waals surface area contributed by atoms with Crippen molar-refractivity contribution in [2.24, 2.45) is 0 Å². The van der Waals surface area contributed by atoms with E-state index in [-0.39, 0.29) is 17.9 Å². The number of hydrogen-bond donors (Lipinski definition) is 1. The zero-order valence-electron chi connectivity index (χ0n) is 11.1. The summed E-state index contributed by atoms with van der Waals surface area (Å²) in [6.07, 6.45) is 1.55. The second-order valence-corrected chi connectivity index (χ2v) is 4.67. The molecular weight excluding hydrogens is 268 g/mol. The maximum atomic E-state index is 12.2. The van der Waals surface area contributed by atoms with Gasteiger partial charge in [-0.1, -0.05) is 30.3 Å². The fraction of sp³-hybridized carbons (Fsp3) is 0.0625. The Morgan fingerprint density at radius 1 is 1.05 bits per heavy atom. The lowest BCUT2D eigenvalue weighted by molar-refractivity contribution is 0.0697. The van der Waals surface area contributed by atoms with Gasteiger partial charge in [0, 0.05) is 5.56 Å². The zero-order valence-corrected chi connectivity index (χ0v) is 11.1. The molecule has 0 aliphatic rings. The lowest BCUT2D eigenvalue weighted by Crippen LogP contribution is -2.09. The second-order valence-electron chi connectivity index (χ2n) is 4.67. The van der Waals surface area contributed by atoms with Gasteiger partial charge in [-0.05, 0) is 18.2 Å². The van der Waals surface area contributed by atoms with E-state index in [1.165, 1.54) is 12.1 Å². The van der Waals surface area contributed by atoms with Crippen LogP contribution in [0.1, 0.15) is 20.7 Å². The van der Waals surface area contributed by atoms with Crippen molar-refractivity contribution in [3.63, 3.8) is 0 Å². The molecule has 5 nitrogen and oxygen atoms in total. The van der Waals surface area contributed by atoms with E-state index in [2.05, 4.69) is 4.98 Å². The second kappa shape index (κ2) is 5.20. The summed E-state index contributed by atoms with van der Waals surface area (Å²) in [4.78, 5) is 27.4. The lowest BCUT2D eigenvalue weighted by Gasteiger charge is -2.04. The van der Waals surface area contributed by atoms with E-state index >= 15 is 0 Å². The summed E-state index contributed by atoms with van der Waals surface area (Å²) in [5, 5.41) is 9.04. The highest BCUT2D eigenvalue weighted by atomic mass is 16.4. The predicted molar refractivity (Wildman–Crippen MR) is 77.5 cm³/mol. The van der Waals surface area contributed by atoms with Crippen LogP contribution in [0.3, 0.4) is 0 Å². The topological polar surface area (TPSA) is 72.2 Å². The van der Waals surface area contributed by atoms with Crippen LogP contribution in [0.5, 0.6) is 0 Å². The van der Waals surface area contributed by atoms with Crippen LogP contribution in [-0.4, -0.2) is 26.4 Å². The molecule has 5 heteroatoms. The summed E-state index contributed by atoms with van der Waals surface area (Å²) in [5.74, 6) is -1.05. The van der Waals surface area contributed by atoms with Crippen LogP contribution in [0.15, 0.2) is 54.9 Å². The molecule has 0 saturated heterocycles. The van der Waals surface area contributed by atoms with Gasteiger partial charge in [0.15, 0.2) is 5.78 Å². The van der Waals surface area contributed by atoms with Gasteiger partial charge in [0.05, 0.1) is 29.5 Å². The van der Waals surface area contributed by atoms with E-state index in [0.29, 0.717) is 16.6 Å². The molecule has 0 amide bonds. The van der Waals surface area contributed by atoms with Gasteiger partial charge >= 0.3 is 5.97 Å².